The van der Waals surface area contributed by atoms with Crippen LogP contribution in [0.1, 0.15) is 48.9 Å². The Morgan fingerprint density at radius 2 is 1.74 bits per heavy atom. The summed E-state index contributed by atoms with van der Waals surface area (Å²) in [6.45, 7) is 0.441. The van der Waals surface area contributed by atoms with Crippen LogP contribution in [-0.2, 0) is 16.4 Å². The van der Waals surface area contributed by atoms with Crippen LogP contribution < -0.4 is 19.5 Å². The van der Waals surface area contributed by atoms with Crippen LogP contribution in [0.25, 0.3) is 0 Å². The van der Waals surface area contributed by atoms with Gasteiger partial charge in [-0.25, -0.2) is 4.39 Å². The summed E-state index contributed by atoms with van der Waals surface area (Å²) in [5.74, 6) is -0.941. The van der Waals surface area contributed by atoms with Crippen molar-refractivity contribution in [2.45, 2.75) is 55.7 Å². The molecular formula is C23H19F6NO4. The van der Waals surface area contributed by atoms with E-state index in [0.717, 1.165) is 12.1 Å². The molecule has 0 saturated heterocycles. The van der Waals surface area contributed by atoms with E-state index in [-0.39, 0.29) is 23.7 Å². The van der Waals surface area contributed by atoms with Gasteiger partial charge in [0.15, 0.2) is 11.5 Å². The van der Waals surface area contributed by atoms with Crippen molar-refractivity contribution in [3.8, 4) is 17.2 Å². The number of ether oxygens (including phenoxy) is 3. The maximum absolute atomic E-state index is 13.8. The van der Waals surface area contributed by atoms with Gasteiger partial charge in [-0.05, 0) is 49.6 Å². The van der Waals surface area contributed by atoms with Gasteiger partial charge < -0.3 is 19.5 Å². The van der Waals surface area contributed by atoms with E-state index in [0.29, 0.717) is 24.0 Å². The second-order valence-electron chi connectivity index (χ2n) is 9.08. The van der Waals surface area contributed by atoms with Crippen LogP contribution in [0.2, 0.25) is 0 Å². The third-order valence-corrected chi connectivity index (χ3v) is 6.44. The van der Waals surface area contributed by atoms with Crippen LogP contribution in [0, 0.1) is 0 Å². The largest absolute Gasteiger partial charge is 0.586 e. The highest BCUT2D eigenvalue weighted by Crippen LogP contribution is 2.53. The highest BCUT2D eigenvalue weighted by molar-refractivity contribution is 5.92. The molecule has 1 saturated carbocycles. The third kappa shape index (κ3) is 3.80. The summed E-state index contributed by atoms with van der Waals surface area (Å²) in [6, 6.07) is 6.19. The zero-order chi connectivity index (χ0) is 24.5. The van der Waals surface area contributed by atoms with Crippen molar-refractivity contribution in [1.82, 2.24) is 5.32 Å². The number of fused-ring (bicyclic) bond motifs is 2. The molecule has 2 aliphatic heterocycles. The lowest BCUT2D eigenvalue weighted by Gasteiger charge is -2.39. The SMILES string of the molecule is C[C@@]1(CF)C[C@@H](NC(=O)C2(c3ccc4c(c3)OC(F)(F)O4)CC2)c2ccc(C(F)(F)F)cc2O1. The molecule has 0 bridgehead atoms. The molecule has 1 aliphatic carbocycles. The second-order valence-corrected chi connectivity index (χ2v) is 9.08. The minimum absolute atomic E-state index is 0.00293. The molecule has 2 atom stereocenters. The highest BCUT2D eigenvalue weighted by Gasteiger charge is 2.54. The number of carbonyl (C=O) groups is 1. The Morgan fingerprint density at radius 3 is 2.38 bits per heavy atom. The zero-order valence-corrected chi connectivity index (χ0v) is 17.8. The van der Waals surface area contributed by atoms with Crippen molar-refractivity contribution in [1.29, 1.82) is 0 Å². The van der Waals surface area contributed by atoms with E-state index < -0.39 is 47.7 Å². The fraction of sp³-hybridized carbons (Fsp3) is 0.435. The van der Waals surface area contributed by atoms with Crippen molar-refractivity contribution in [3.63, 3.8) is 0 Å². The molecule has 1 amide bonds. The molecule has 0 radical (unpaired) electrons. The highest BCUT2D eigenvalue weighted by atomic mass is 19.4. The molecule has 34 heavy (non-hydrogen) atoms. The Bertz CT molecular complexity index is 1160. The van der Waals surface area contributed by atoms with E-state index in [9.17, 15) is 31.1 Å². The predicted molar refractivity (Wildman–Crippen MR) is 106 cm³/mol. The summed E-state index contributed by atoms with van der Waals surface area (Å²) in [5.41, 5.74) is -2.66. The normalized spacial score (nSPS) is 25.8. The molecule has 1 N–H and O–H groups in total. The van der Waals surface area contributed by atoms with Crippen molar-refractivity contribution >= 4 is 5.91 Å². The molecule has 182 valence electrons. The Hall–Kier alpha value is -3.11. The average molecular weight is 487 g/mol. The number of benzene rings is 2. The smallest absolute Gasteiger partial charge is 0.484 e. The fourth-order valence-corrected chi connectivity index (χ4v) is 4.46. The topological polar surface area (TPSA) is 56.8 Å². The minimum atomic E-state index is -4.62. The van der Waals surface area contributed by atoms with Gasteiger partial charge in [0.05, 0.1) is 17.0 Å². The van der Waals surface area contributed by atoms with Gasteiger partial charge in [0.1, 0.15) is 18.0 Å². The van der Waals surface area contributed by atoms with E-state index in [1.165, 1.54) is 31.2 Å². The van der Waals surface area contributed by atoms with Crippen molar-refractivity contribution in [2.24, 2.45) is 0 Å². The molecule has 2 aromatic rings. The maximum atomic E-state index is 13.8. The molecule has 11 heteroatoms. The summed E-state index contributed by atoms with van der Waals surface area (Å²) in [5, 5.41) is 2.82. The van der Waals surface area contributed by atoms with Gasteiger partial charge in [-0.15, -0.1) is 8.78 Å². The zero-order valence-electron chi connectivity index (χ0n) is 17.8. The summed E-state index contributed by atoms with van der Waals surface area (Å²) in [4.78, 5) is 13.3. The molecule has 0 aromatic heterocycles. The Kier molecular flexibility index (Phi) is 4.80. The van der Waals surface area contributed by atoms with E-state index in [2.05, 4.69) is 14.8 Å². The maximum Gasteiger partial charge on any atom is 0.586 e. The van der Waals surface area contributed by atoms with Crippen LogP contribution in [0.15, 0.2) is 36.4 Å². The van der Waals surface area contributed by atoms with Gasteiger partial charge >= 0.3 is 12.5 Å². The van der Waals surface area contributed by atoms with Gasteiger partial charge in [0, 0.05) is 12.0 Å². The summed E-state index contributed by atoms with van der Waals surface area (Å²) >= 11 is 0. The van der Waals surface area contributed by atoms with Gasteiger partial charge in [-0.3, -0.25) is 4.79 Å². The predicted octanol–water partition coefficient (Wildman–Crippen LogP) is 5.43. The summed E-state index contributed by atoms with van der Waals surface area (Å²) < 4.78 is 94.4. The second kappa shape index (κ2) is 7.19. The van der Waals surface area contributed by atoms with E-state index >= 15 is 0 Å². The Labute approximate surface area is 190 Å². The third-order valence-electron chi connectivity index (χ3n) is 6.44. The van der Waals surface area contributed by atoms with Crippen LogP contribution in [0.4, 0.5) is 26.3 Å². The lowest BCUT2D eigenvalue weighted by atomic mass is 9.87. The first-order chi connectivity index (χ1) is 15.8. The van der Waals surface area contributed by atoms with Gasteiger partial charge in [-0.1, -0.05) is 12.1 Å². The average Bonchev–Trinajstić information content (AvgIpc) is 3.49. The lowest BCUT2D eigenvalue weighted by Crippen LogP contribution is -2.46. The van der Waals surface area contributed by atoms with Crippen molar-refractivity contribution in [2.75, 3.05) is 6.67 Å². The van der Waals surface area contributed by atoms with Crippen LogP contribution >= 0.6 is 0 Å². The quantitative estimate of drug-likeness (QED) is 0.585. The minimum Gasteiger partial charge on any atom is -0.484 e. The summed E-state index contributed by atoms with van der Waals surface area (Å²) in [6.07, 6.45) is -7.56. The van der Waals surface area contributed by atoms with Crippen LogP contribution in [0.3, 0.4) is 0 Å². The van der Waals surface area contributed by atoms with Gasteiger partial charge in [-0.2, -0.15) is 13.2 Å². The van der Waals surface area contributed by atoms with Crippen molar-refractivity contribution < 1.29 is 45.3 Å². The molecule has 2 heterocycles. The fourth-order valence-electron chi connectivity index (χ4n) is 4.46. The first-order valence-electron chi connectivity index (χ1n) is 10.5. The van der Waals surface area contributed by atoms with E-state index in [1.54, 1.807) is 0 Å². The number of nitrogens with one attached hydrogen (secondary N) is 1. The van der Waals surface area contributed by atoms with Gasteiger partial charge in [0.25, 0.3) is 0 Å². The first kappa shape index (κ1) is 22.7. The monoisotopic (exact) mass is 487 g/mol. The van der Waals surface area contributed by atoms with Crippen molar-refractivity contribution in [3.05, 3.63) is 53.1 Å². The number of hydrogen-bond acceptors (Lipinski definition) is 4. The number of hydrogen-bond donors (Lipinski definition) is 1. The molecule has 2 aromatic carbocycles. The number of halogens is 6. The van der Waals surface area contributed by atoms with Crippen LogP contribution in [0.5, 0.6) is 17.2 Å². The van der Waals surface area contributed by atoms with Gasteiger partial charge in [0.2, 0.25) is 5.91 Å². The van der Waals surface area contributed by atoms with E-state index in [4.69, 9.17) is 4.74 Å². The Balaban J connectivity index is 1.43. The molecule has 1 fully saturated rings. The number of alkyl halides is 6. The molecule has 3 aliphatic rings. The molecule has 0 unspecified atom stereocenters. The molecule has 0 spiro atoms. The lowest BCUT2D eigenvalue weighted by molar-refractivity contribution is -0.286. The standard InChI is InChI=1S/C23H19F6NO4/c1-20(11-24)10-15(14-4-2-13(22(25,26)27)9-17(14)32-20)30-19(31)21(6-7-21)12-3-5-16-18(8-12)34-23(28,29)33-16/h2-5,8-9,15H,6-7,10-11H2,1H3,(H,30,31)/t15-,20+/m1/s1. The van der Waals surface area contributed by atoms with E-state index in [1.807, 2.05) is 0 Å². The number of amides is 1. The molecular weight excluding hydrogens is 468 g/mol. The number of carbonyl (C=O) groups excluding carboxylic acids is 1. The first-order valence-corrected chi connectivity index (χ1v) is 10.5. The molecule has 5 nitrogen and oxygen atoms in total. The molecule has 5 rings (SSSR count). The van der Waals surface area contributed by atoms with Crippen LogP contribution in [-0.4, -0.2) is 24.5 Å². The summed E-state index contributed by atoms with van der Waals surface area (Å²) in [7, 11) is 0. The Morgan fingerprint density at radius 1 is 1.03 bits per heavy atom. The number of rotatable bonds is 4.